The van der Waals surface area contributed by atoms with Gasteiger partial charge < -0.3 is 19.7 Å². The van der Waals surface area contributed by atoms with E-state index in [-0.39, 0.29) is 5.92 Å². The van der Waals surface area contributed by atoms with E-state index in [1.807, 2.05) is 0 Å². The summed E-state index contributed by atoms with van der Waals surface area (Å²) >= 11 is 0. The van der Waals surface area contributed by atoms with Crippen molar-refractivity contribution >= 4 is 6.09 Å². The van der Waals surface area contributed by atoms with Gasteiger partial charge >= 0.3 is 12.3 Å². The minimum atomic E-state index is -4.58. The number of carbonyl (C=O) groups is 1. The van der Waals surface area contributed by atoms with Crippen molar-refractivity contribution in [2.24, 2.45) is 17.8 Å². The number of halogens is 3. The predicted octanol–water partition coefficient (Wildman–Crippen LogP) is 4.87. The zero-order valence-electron chi connectivity index (χ0n) is 20.1. The van der Waals surface area contributed by atoms with Gasteiger partial charge in [0.05, 0.1) is 18.1 Å². The van der Waals surface area contributed by atoms with E-state index in [2.05, 4.69) is 0 Å². The highest BCUT2D eigenvalue weighted by atomic mass is 19.4. The van der Waals surface area contributed by atoms with Gasteiger partial charge in [-0.2, -0.15) is 13.2 Å². The maximum absolute atomic E-state index is 13.4. The highest BCUT2D eigenvalue weighted by Gasteiger charge is 2.56. The second-order valence-corrected chi connectivity index (χ2v) is 10.9. The van der Waals surface area contributed by atoms with E-state index in [0.29, 0.717) is 6.42 Å². The summed E-state index contributed by atoms with van der Waals surface area (Å²) in [6, 6.07) is -0.660. The van der Waals surface area contributed by atoms with Crippen LogP contribution in [0.5, 0.6) is 0 Å². The maximum Gasteiger partial charge on any atom is 0.412 e. The second-order valence-electron chi connectivity index (χ2n) is 10.9. The molecule has 0 bridgehead atoms. The highest BCUT2D eigenvalue weighted by Crippen LogP contribution is 2.43. The Bertz CT molecular complexity index is 628. The quantitative estimate of drug-likeness (QED) is 0.583. The molecule has 188 valence electrons. The lowest BCUT2D eigenvalue weighted by Crippen LogP contribution is -2.53. The molecule has 0 aromatic heterocycles. The molecule has 0 spiro atoms. The molecule has 9 heteroatoms. The molecule has 5 atom stereocenters. The Kier molecular flexibility index (Phi) is 8.54. The van der Waals surface area contributed by atoms with Gasteiger partial charge in [-0.05, 0) is 47.0 Å². The summed E-state index contributed by atoms with van der Waals surface area (Å²) in [5.41, 5.74) is -1.95. The van der Waals surface area contributed by atoms with Gasteiger partial charge in [0.2, 0.25) is 0 Å². The monoisotopic (exact) mass is 467 g/mol. The van der Waals surface area contributed by atoms with Crippen LogP contribution in [0.2, 0.25) is 0 Å². The van der Waals surface area contributed by atoms with E-state index in [9.17, 15) is 28.2 Å². The van der Waals surface area contributed by atoms with Crippen molar-refractivity contribution in [2.75, 3.05) is 6.61 Å². The molecule has 2 rings (SSSR count). The number of aliphatic hydroxyl groups is 2. The van der Waals surface area contributed by atoms with Gasteiger partial charge in [0.1, 0.15) is 17.4 Å². The van der Waals surface area contributed by atoms with Crippen LogP contribution < -0.4 is 0 Å². The van der Waals surface area contributed by atoms with Gasteiger partial charge in [-0.3, -0.25) is 4.90 Å². The Morgan fingerprint density at radius 1 is 1.19 bits per heavy atom. The summed E-state index contributed by atoms with van der Waals surface area (Å²) in [5.74, 6) is -3.12. The van der Waals surface area contributed by atoms with E-state index >= 15 is 0 Å². The Morgan fingerprint density at radius 2 is 1.75 bits per heavy atom. The Morgan fingerprint density at radius 3 is 2.22 bits per heavy atom. The molecule has 1 heterocycles. The van der Waals surface area contributed by atoms with Gasteiger partial charge in [-0.1, -0.05) is 39.0 Å². The first-order valence-electron chi connectivity index (χ1n) is 11.6. The van der Waals surface area contributed by atoms with Gasteiger partial charge in [0, 0.05) is 12.5 Å². The van der Waals surface area contributed by atoms with Crippen molar-refractivity contribution in [1.82, 2.24) is 4.90 Å². The smallest absolute Gasteiger partial charge is 0.412 e. The molecule has 1 amide bonds. The number of amides is 1. The number of ether oxygens (including phenoxy) is 2. The number of carbonyl (C=O) groups excluding carboxylic acids is 1. The lowest BCUT2D eigenvalue weighted by molar-refractivity contribution is -0.207. The maximum atomic E-state index is 13.4. The van der Waals surface area contributed by atoms with Crippen molar-refractivity contribution in [3.63, 3.8) is 0 Å². The van der Waals surface area contributed by atoms with Gasteiger partial charge in [0.15, 0.2) is 0 Å². The van der Waals surface area contributed by atoms with Crippen molar-refractivity contribution in [1.29, 1.82) is 0 Å². The zero-order valence-corrected chi connectivity index (χ0v) is 20.1. The van der Waals surface area contributed by atoms with Crippen LogP contribution >= 0.6 is 0 Å². The first-order valence-corrected chi connectivity index (χ1v) is 11.6. The van der Waals surface area contributed by atoms with E-state index in [4.69, 9.17) is 9.47 Å². The van der Waals surface area contributed by atoms with Gasteiger partial charge in [-0.25, -0.2) is 4.79 Å². The molecule has 6 nitrogen and oxygen atoms in total. The Labute approximate surface area is 189 Å². The molecule has 32 heavy (non-hydrogen) atoms. The molecular weight excluding hydrogens is 427 g/mol. The van der Waals surface area contributed by atoms with E-state index < -0.39 is 60.3 Å². The summed E-state index contributed by atoms with van der Waals surface area (Å²) in [7, 11) is 0. The fourth-order valence-electron chi connectivity index (χ4n) is 5.03. The molecule has 1 saturated carbocycles. The molecule has 1 saturated heterocycles. The zero-order chi connectivity index (χ0) is 24.5. The lowest BCUT2D eigenvalue weighted by atomic mass is 9.79. The minimum Gasteiger partial charge on any atom is -0.444 e. The molecule has 2 aliphatic rings. The minimum absolute atomic E-state index is 0.276. The highest BCUT2D eigenvalue weighted by molar-refractivity contribution is 5.70. The van der Waals surface area contributed by atoms with Crippen LogP contribution in [0.15, 0.2) is 0 Å². The fraction of sp³-hybridized carbons (Fsp3) is 0.957. The number of aliphatic hydroxyl groups excluding tert-OH is 2. The van der Waals surface area contributed by atoms with Crippen LogP contribution in [0.4, 0.5) is 18.0 Å². The van der Waals surface area contributed by atoms with Crippen LogP contribution in [0, 0.1) is 17.8 Å². The normalized spacial score (nSPS) is 27.8. The van der Waals surface area contributed by atoms with Gasteiger partial charge in [-0.15, -0.1) is 0 Å². The summed E-state index contributed by atoms with van der Waals surface area (Å²) in [5, 5.41) is 20.8. The van der Waals surface area contributed by atoms with Crippen LogP contribution in [0.3, 0.4) is 0 Å². The first-order chi connectivity index (χ1) is 14.6. The number of rotatable bonds is 6. The van der Waals surface area contributed by atoms with Crippen LogP contribution in [0.25, 0.3) is 0 Å². The van der Waals surface area contributed by atoms with Crippen molar-refractivity contribution in [2.45, 2.75) is 116 Å². The summed E-state index contributed by atoms with van der Waals surface area (Å²) in [4.78, 5) is 14.6. The van der Waals surface area contributed by atoms with Crippen molar-refractivity contribution in [3.8, 4) is 0 Å². The van der Waals surface area contributed by atoms with E-state index in [0.717, 1.165) is 39.0 Å². The summed E-state index contributed by atoms with van der Waals surface area (Å²) in [6.07, 6.45) is -2.18. The lowest BCUT2D eigenvalue weighted by Gasteiger charge is -2.38. The van der Waals surface area contributed by atoms with Crippen LogP contribution in [-0.4, -0.2) is 63.6 Å². The third-order valence-electron chi connectivity index (χ3n) is 6.75. The van der Waals surface area contributed by atoms with E-state index in [1.165, 1.54) is 4.90 Å². The third kappa shape index (κ3) is 6.50. The molecular formula is C23H40F3NO5. The number of nitrogens with zero attached hydrogens (tertiary/aromatic N) is 1. The first kappa shape index (κ1) is 27.2. The van der Waals surface area contributed by atoms with Gasteiger partial charge in [0.25, 0.3) is 0 Å². The SMILES string of the molecule is CC([C@@H](CO)[C@H](O)[C@@H]1OC(C)(C)N(C(=O)OC(C)(C)C)[C@H]1CC1CCCCC1)C(F)(F)F. The van der Waals surface area contributed by atoms with Crippen LogP contribution in [0.1, 0.15) is 80.1 Å². The molecule has 1 aliphatic carbocycles. The molecule has 1 unspecified atom stereocenters. The van der Waals surface area contributed by atoms with Crippen LogP contribution in [-0.2, 0) is 9.47 Å². The Hall–Kier alpha value is -1.06. The number of hydrogen-bond acceptors (Lipinski definition) is 5. The largest absolute Gasteiger partial charge is 0.444 e. The van der Waals surface area contributed by atoms with E-state index in [1.54, 1.807) is 34.6 Å². The molecule has 0 aromatic carbocycles. The molecule has 0 aromatic rings. The molecule has 2 fully saturated rings. The standard InChI is InChI=1S/C23H40F3NO5/c1-14(23(24,25)26)16(13-28)18(29)19-17(12-15-10-8-7-9-11-15)27(22(5,6)31-19)20(30)32-21(2,3)4/h14-19,28-29H,7-13H2,1-6H3/t14?,16-,17+,18+,19-/m1/s1. The fourth-order valence-corrected chi connectivity index (χ4v) is 5.03. The molecule has 1 aliphatic heterocycles. The topological polar surface area (TPSA) is 79.2 Å². The molecule has 0 radical (unpaired) electrons. The average Bonchev–Trinajstić information content (AvgIpc) is 2.91. The summed E-state index contributed by atoms with van der Waals surface area (Å²) < 4.78 is 51.8. The third-order valence-corrected chi connectivity index (χ3v) is 6.75. The number of hydrogen-bond donors (Lipinski definition) is 2. The number of alkyl halides is 3. The average molecular weight is 468 g/mol. The Balaban J connectivity index is 2.38. The van der Waals surface area contributed by atoms with Crippen molar-refractivity contribution in [3.05, 3.63) is 0 Å². The van der Waals surface area contributed by atoms with Crippen molar-refractivity contribution < 1.29 is 37.7 Å². The summed E-state index contributed by atoms with van der Waals surface area (Å²) in [6.45, 7) is 8.63. The molecule has 2 N–H and O–H groups in total. The predicted molar refractivity (Wildman–Crippen MR) is 114 cm³/mol. The second kappa shape index (κ2) is 10.1.